The SMILES string of the molecule is Cn1ccnc(N2CCC(c3ccnc4ccccc34)CC2)c1=O. The van der Waals surface area contributed by atoms with Gasteiger partial charge in [-0.15, -0.1) is 0 Å². The molecule has 5 nitrogen and oxygen atoms in total. The van der Waals surface area contributed by atoms with Crippen LogP contribution in [0.2, 0.25) is 0 Å². The summed E-state index contributed by atoms with van der Waals surface area (Å²) in [7, 11) is 1.77. The lowest BCUT2D eigenvalue weighted by Crippen LogP contribution is -2.38. The highest BCUT2D eigenvalue weighted by atomic mass is 16.1. The molecule has 0 atom stereocenters. The average Bonchev–Trinajstić information content (AvgIpc) is 2.64. The molecule has 0 amide bonds. The summed E-state index contributed by atoms with van der Waals surface area (Å²) in [5.74, 6) is 1.07. The van der Waals surface area contributed by atoms with Crippen molar-refractivity contribution in [3.63, 3.8) is 0 Å². The molecule has 5 heteroatoms. The first-order chi connectivity index (χ1) is 11.7. The van der Waals surface area contributed by atoms with Crippen LogP contribution in [0.1, 0.15) is 24.3 Å². The lowest BCUT2D eigenvalue weighted by Gasteiger charge is -2.33. The normalized spacial score (nSPS) is 15.8. The van der Waals surface area contributed by atoms with Gasteiger partial charge in [0, 0.05) is 44.1 Å². The van der Waals surface area contributed by atoms with E-state index < -0.39 is 0 Å². The maximum Gasteiger partial charge on any atom is 0.293 e. The molecule has 0 spiro atoms. The van der Waals surface area contributed by atoms with Gasteiger partial charge >= 0.3 is 0 Å². The van der Waals surface area contributed by atoms with Crippen molar-refractivity contribution in [2.45, 2.75) is 18.8 Å². The number of fused-ring (bicyclic) bond motifs is 1. The highest BCUT2D eigenvalue weighted by Crippen LogP contribution is 2.32. The van der Waals surface area contributed by atoms with Crippen molar-refractivity contribution in [3.05, 3.63) is 64.8 Å². The molecule has 0 saturated carbocycles. The Hall–Kier alpha value is -2.69. The summed E-state index contributed by atoms with van der Waals surface area (Å²) >= 11 is 0. The Bertz CT molecular complexity index is 921. The van der Waals surface area contributed by atoms with Crippen molar-refractivity contribution in [2.24, 2.45) is 7.05 Å². The van der Waals surface area contributed by atoms with Crippen LogP contribution in [0.4, 0.5) is 5.82 Å². The van der Waals surface area contributed by atoms with Gasteiger partial charge in [0.2, 0.25) is 0 Å². The Kier molecular flexibility index (Phi) is 3.76. The Morgan fingerprint density at radius 1 is 1.04 bits per heavy atom. The molecule has 24 heavy (non-hydrogen) atoms. The number of hydrogen-bond donors (Lipinski definition) is 0. The van der Waals surface area contributed by atoms with Crippen LogP contribution in [0.25, 0.3) is 10.9 Å². The molecule has 4 rings (SSSR count). The molecule has 0 bridgehead atoms. The number of pyridine rings is 1. The molecule has 3 aromatic rings. The van der Waals surface area contributed by atoms with Gasteiger partial charge in [-0.2, -0.15) is 0 Å². The monoisotopic (exact) mass is 320 g/mol. The third-order valence-electron chi connectivity index (χ3n) is 4.92. The second kappa shape index (κ2) is 6.07. The Balaban J connectivity index is 1.58. The number of anilines is 1. The molecule has 1 saturated heterocycles. The number of nitrogens with zero attached hydrogens (tertiary/aromatic N) is 4. The van der Waals surface area contributed by atoms with E-state index >= 15 is 0 Å². The van der Waals surface area contributed by atoms with Gasteiger partial charge in [0.05, 0.1) is 5.52 Å². The fourth-order valence-electron chi connectivity index (χ4n) is 3.58. The molecular formula is C19H20N4O. The molecule has 2 aromatic heterocycles. The molecule has 1 fully saturated rings. The number of aromatic nitrogens is 3. The van der Waals surface area contributed by atoms with Crippen LogP contribution in [0.5, 0.6) is 0 Å². The van der Waals surface area contributed by atoms with Crippen molar-refractivity contribution < 1.29 is 0 Å². The standard InChI is InChI=1S/C19H20N4O/c1-22-13-10-21-18(19(22)24)23-11-7-14(8-12-23)15-6-9-20-17-5-3-2-4-16(15)17/h2-6,9-10,13-14H,7-8,11-12H2,1H3. The molecule has 1 aromatic carbocycles. The minimum absolute atomic E-state index is 0.0229. The molecule has 3 heterocycles. The second-order valence-electron chi connectivity index (χ2n) is 6.35. The fourth-order valence-corrected chi connectivity index (χ4v) is 3.58. The van der Waals surface area contributed by atoms with E-state index in [1.165, 1.54) is 10.9 Å². The van der Waals surface area contributed by atoms with Crippen LogP contribution in [0, 0.1) is 0 Å². The Labute approximate surface area is 140 Å². The third-order valence-corrected chi connectivity index (χ3v) is 4.92. The molecule has 1 aliphatic heterocycles. The minimum Gasteiger partial charge on any atom is -0.352 e. The van der Waals surface area contributed by atoms with Gasteiger partial charge in [-0.25, -0.2) is 4.98 Å². The lowest BCUT2D eigenvalue weighted by molar-refractivity contribution is 0.502. The first-order valence-electron chi connectivity index (χ1n) is 8.34. The zero-order chi connectivity index (χ0) is 16.5. The van der Waals surface area contributed by atoms with Crippen LogP contribution in [0.3, 0.4) is 0 Å². The van der Waals surface area contributed by atoms with Crippen molar-refractivity contribution in [1.29, 1.82) is 0 Å². The summed E-state index contributed by atoms with van der Waals surface area (Å²) in [6.07, 6.45) is 7.33. The topological polar surface area (TPSA) is 51.0 Å². The van der Waals surface area contributed by atoms with Crippen molar-refractivity contribution in [1.82, 2.24) is 14.5 Å². The molecule has 0 N–H and O–H groups in total. The molecule has 122 valence electrons. The first-order valence-corrected chi connectivity index (χ1v) is 8.34. The number of hydrogen-bond acceptors (Lipinski definition) is 4. The minimum atomic E-state index is -0.0229. The number of benzene rings is 1. The highest BCUT2D eigenvalue weighted by molar-refractivity contribution is 5.82. The predicted molar refractivity (Wildman–Crippen MR) is 95.4 cm³/mol. The summed E-state index contributed by atoms with van der Waals surface area (Å²) < 4.78 is 1.59. The van der Waals surface area contributed by atoms with Crippen LogP contribution < -0.4 is 10.5 Å². The maximum atomic E-state index is 12.2. The Morgan fingerprint density at radius 2 is 1.83 bits per heavy atom. The maximum absolute atomic E-state index is 12.2. The molecular weight excluding hydrogens is 300 g/mol. The first kappa shape index (κ1) is 14.9. The van der Waals surface area contributed by atoms with E-state index in [-0.39, 0.29) is 5.56 Å². The van der Waals surface area contributed by atoms with Crippen molar-refractivity contribution in [2.75, 3.05) is 18.0 Å². The fraction of sp³-hybridized carbons (Fsp3) is 0.316. The van der Waals surface area contributed by atoms with Gasteiger partial charge in [0.1, 0.15) is 0 Å². The average molecular weight is 320 g/mol. The summed E-state index contributed by atoms with van der Waals surface area (Å²) in [5, 5.41) is 1.24. The van der Waals surface area contributed by atoms with Gasteiger partial charge in [0.25, 0.3) is 5.56 Å². The van der Waals surface area contributed by atoms with E-state index in [2.05, 4.69) is 39.1 Å². The number of piperidine rings is 1. The summed E-state index contributed by atoms with van der Waals surface area (Å²) in [6.45, 7) is 1.71. The number of aryl methyl sites for hydroxylation is 1. The quantitative estimate of drug-likeness (QED) is 0.728. The van der Waals surface area contributed by atoms with E-state index in [0.717, 1.165) is 31.4 Å². The van der Waals surface area contributed by atoms with E-state index in [9.17, 15) is 4.79 Å². The zero-order valence-corrected chi connectivity index (χ0v) is 13.7. The molecule has 0 unspecified atom stereocenters. The smallest absolute Gasteiger partial charge is 0.293 e. The third kappa shape index (κ3) is 2.56. The largest absolute Gasteiger partial charge is 0.352 e. The molecule has 0 radical (unpaired) electrons. The van der Waals surface area contributed by atoms with Crippen LogP contribution in [-0.4, -0.2) is 27.6 Å². The number of rotatable bonds is 2. The van der Waals surface area contributed by atoms with Gasteiger partial charge < -0.3 is 9.47 Å². The lowest BCUT2D eigenvalue weighted by atomic mass is 9.87. The van der Waals surface area contributed by atoms with Crippen molar-refractivity contribution >= 4 is 16.7 Å². The second-order valence-corrected chi connectivity index (χ2v) is 6.35. The van der Waals surface area contributed by atoms with E-state index in [1.54, 1.807) is 24.0 Å². The van der Waals surface area contributed by atoms with E-state index in [0.29, 0.717) is 11.7 Å². The van der Waals surface area contributed by atoms with Crippen LogP contribution >= 0.6 is 0 Å². The molecule has 1 aliphatic rings. The van der Waals surface area contributed by atoms with E-state index in [4.69, 9.17) is 0 Å². The van der Waals surface area contributed by atoms with Gasteiger partial charge in [-0.1, -0.05) is 18.2 Å². The highest BCUT2D eigenvalue weighted by Gasteiger charge is 2.24. The van der Waals surface area contributed by atoms with Crippen molar-refractivity contribution in [3.8, 4) is 0 Å². The van der Waals surface area contributed by atoms with Crippen LogP contribution in [0.15, 0.2) is 53.7 Å². The van der Waals surface area contributed by atoms with Gasteiger partial charge in [0.15, 0.2) is 5.82 Å². The van der Waals surface area contributed by atoms with E-state index in [1.807, 2.05) is 12.3 Å². The summed E-state index contributed by atoms with van der Waals surface area (Å²) in [4.78, 5) is 23.1. The predicted octanol–water partition coefficient (Wildman–Crippen LogP) is 2.71. The Morgan fingerprint density at radius 3 is 2.67 bits per heavy atom. The number of para-hydroxylation sites is 1. The summed E-state index contributed by atoms with van der Waals surface area (Å²) in [5.41, 5.74) is 2.40. The molecule has 0 aliphatic carbocycles. The zero-order valence-electron chi connectivity index (χ0n) is 13.7. The summed E-state index contributed by atoms with van der Waals surface area (Å²) in [6, 6.07) is 10.4. The van der Waals surface area contributed by atoms with Gasteiger partial charge in [-0.05, 0) is 36.5 Å². The van der Waals surface area contributed by atoms with Crippen LogP contribution in [-0.2, 0) is 7.05 Å². The van der Waals surface area contributed by atoms with Gasteiger partial charge in [-0.3, -0.25) is 9.78 Å².